The predicted molar refractivity (Wildman–Crippen MR) is 87.4 cm³/mol. The van der Waals surface area contributed by atoms with Gasteiger partial charge in [-0.2, -0.15) is 0 Å². The fourth-order valence-corrected chi connectivity index (χ4v) is 1.78. The van der Waals surface area contributed by atoms with Crippen molar-refractivity contribution < 1.29 is 28.6 Å². The van der Waals surface area contributed by atoms with Gasteiger partial charge in [0.1, 0.15) is 0 Å². The molecule has 0 saturated carbocycles. The maximum atomic E-state index is 11.4. The Balaban J connectivity index is 0. The molecule has 0 radical (unpaired) electrons. The molecule has 0 amide bonds. The lowest BCUT2D eigenvalue weighted by atomic mass is 10.3. The fourth-order valence-electron chi connectivity index (χ4n) is 1.78. The van der Waals surface area contributed by atoms with E-state index < -0.39 is 0 Å². The van der Waals surface area contributed by atoms with Gasteiger partial charge in [-0.15, -0.1) is 12.4 Å². The van der Waals surface area contributed by atoms with Crippen LogP contribution in [0.2, 0.25) is 0 Å². The highest BCUT2D eigenvalue weighted by Crippen LogP contribution is 2.01. The summed E-state index contributed by atoms with van der Waals surface area (Å²) in [7, 11) is 0. The third kappa shape index (κ3) is 14.0. The molecule has 7 nitrogen and oxygen atoms in total. The van der Waals surface area contributed by atoms with Gasteiger partial charge < -0.3 is 19.1 Å². The zero-order chi connectivity index (χ0) is 16.8. The number of hydrogen-bond acceptors (Lipinski definition) is 7. The number of carbonyl (C=O) groups is 3. The number of ether oxygens (including phenoxy) is 3. The van der Waals surface area contributed by atoms with Crippen LogP contribution in [0.4, 0.5) is 0 Å². The van der Waals surface area contributed by atoms with E-state index in [-0.39, 0.29) is 49.6 Å². The SMILES string of the molecule is CCOC(=O)CCN(CCC(=O)OCC)CCC(=O)OCC.Cl. The van der Waals surface area contributed by atoms with Gasteiger partial charge in [-0.25, -0.2) is 0 Å². The van der Waals surface area contributed by atoms with E-state index in [2.05, 4.69) is 0 Å². The van der Waals surface area contributed by atoms with Crippen molar-refractivity contribution in [1.82, 2.24) is 4.90 Å². The van der Waals surface area contributed by atoms with Crippen LogP contribution in [0.25, 0.3) is 0 Å². The smallest absolute Gasteiger partial charge is 0.307 e. The largest absolute Gasteiger partial charge is 0.466 e. The number of carbonyl (C=O) groups excluding carboxylic acids is 3. The first-order valence-corrected chi connectivity index (χ1v) is 7.72. The zero-order valence-corrected chi connectivity index (χ0v) is 15.0. The molecule has 8 heteroatoms. The van der Waals surface area contributed by atoms with E-state index in [4.69, 9.17) is 14.2 Å². The second-order valence-corrected chi connectivity index (χ2v) is 4.51. The second-order valence-electron chi connectivity index (χ2n) is 4.51. The van der Waals surface area contributed by atoms with Crippen molar-refractivity contribution in [2.75, 3.05) is 39.5 Å². The maximum absolute atomic E-state index is 11.4. The van der Waals surface area contributed by atoms with Crippen molar-refractivity contribution in [3.63, 3.8) is 0 Å². The molecule has 0 bridgehead atoms. The highest BCUT2D eigenvalue weighted by molar-refractivity contribution is 5.85. The summed E-state index contributed by atoms with van der Waals surface area (Å²) in [6.45, 7) is 7.54. The normalized spacial score (nSPS) is 9.91. The monoisotopic (exact) mass is 353 g/mol. The van der Waals surface area contributed by atoms with Crippen LogP contribution in [-0.2, 0) is 28.6 Å². The molecule has 0 aromatic rings. The van der Waals surface area contributed by atoms with Gasteiger partial charge in [0.15, 0.2) is 0 Å². The molecule has 0 unspecified atom stereocenters. The third-order valence-corrected chi connectivity index (χ3v) is 2.81. The van der Waals surface area contributed by atoms with Crippen LogP contribution in [-0.4, -0.2) is 62.3 Å². The number of esters is 3. The molecule has 0 aliphatic carbocycles. The molecular weight excluding hydrogens is 326 g/mol. The first-order chi connectivity index (χ1) is 10.5. The Morgan fingerprint density at radius 3 is 1.13 bits per heavy atom. The van der Waals surface area contributed by atoms with Crippen molar-refractivity contribution in [1.29, 1.82) is 0 Å². The summed E-state index contributed by atoms with van der Waals surface area (Å²) in [6.07, 6.45) is 0.665. The van der Waals surface area contributed by atoms with Crippen LogP contribution in [0.15, 0.2) is 0 Å². The predicted octanol–water partition coefficient (Wildman–Crippen LogP) is 1.57. The van der Waals surface area contributed by atoms with Crippen molar-refractivity contribution >= 4 is 30.3 Å². The van der Waals surface area contributed by atoms with Gasteiger partial charge in [0, 0.05) is 19.6 Å². The van der Waals surface area contributed by atoms with Crippen LogP contribution in [0.3, 0.4) is 0 Å². The Hall–Kier alpha value is -1.34. The topological polar surface area (TPSA) is 82.1 Å². The lowest BCUT2D eigenvalue weighted by Gasteiger charge is -2.21. The van der Waals surface area contributed by atoms with Gasteiger partial charge in [0.25, 0.3) is 0 Å². The number of hydrogen-bond donors (Lipinski definition) is 0. The lowest BCUT2D eigenvalue weighted by molar-refractivity contribution is -0.143. The molecule has 0 rings (SSSR count). The first kappa shape index (κ1) is 23.9. The Labute approximate surface area is 144 Å². The van der Waals surface area contributed by atoms with Gasteiger partial charge >= 0.3 is 17.9 Å². The van der Waals surface area contributed by atoms with E-state index in [9.17, 15) is 14.4 Å². The van der Waals surface area contributed by atoms with Crippen LogP contribution >= 0.6 is 12.4 Å². The molecule has 0 aromatic heterocycles. The molecule has 0 saturated heterocycles. The van der Waals surface area contributed by atoms with E-state index >= 15 is 0 Å². The maximum Gasteiger partial charge on any atom is 0.307 e. The summed E-state index contributed by atoms with van der Waals surface area (Å²) in [5, 5.41) is 0. The Kier molecular flexibility index (Phi) is 16.2. The number of nitrogens with zero attached hydrogens (tertiary/aromatic N) is 1. The van der Waals surface area contributed by atoms with E-state index in [0.29, 0.717) is 39.5 Å². The molecule has 0 atom stereocenters. The summed E-state index contributed by atoms with van der Waals surface area (Å²) >= 11 is 0. The minimum absolute atomic E-state index is 0. The van der Waals surface area contributed by atoms with Crippen LogP contribution in [0.1, 0.15) is 40.0 Å². The first-order valence-electron chi connectivity index (χ1n) is 7.72. The molecule has 0 spiro atoms. The molecule has 0 aromatic carbocycles. The highest BCUT2D eigenvalue weighted by Gasteiger charge is 2.13. The van der Waals surface area contributed by atoms with Crippen molar-refractivity contribution in [3.8, 4) is 0 Å². The molecule has 0 fully saturated rings. The quantitative estimate of drug-likeness (QED) is 0.389. The molecule has 0 aliphatic rings. The van der Waals surface area contributed by atoms with Crippen molar-refractivity contribution in [3.05, 3.63) is 0 Å². The summed E-state index contributed by atoms with van der Waals surface area (Å²) in [5.74, 6) is -0.876. The summed E-state index contributed by atoms with van der Waals surface area (Å²) < 4.78 is 14.6. The van der Waals surface area contributed by atoms with Gasteiger partial charge in [0.05, 0.1) is 39.1 Å². The molecule has 0 N–H and O–H groups in total. The van der Waals surface area contributed by atoms with E-state index in [1.165, 1.54) is 0 Å². The van der Waals surface area contributed by atoms with E-state index in [1.807, 2.05) is 4.90 Å². The zero-order valence-electron chi connectivity index (χ0n) is 14.2. The summed E-state index contributed by atoms with van der Waals surface area (Å²) in [6, 6.07) is 0. The van der Waals surface area contributed by atoms with Gasteiger partial charge in [-0.3, -0.25) is 14.4 Å². The summed E-state index contributed by atoms with van der Waals surface area (Å²) in [4.78, 5) is 36.1. The van der Waals surface area contributed by atoms with Crippen LogP contribution in [0.5, 0.6) is 0 Å². The van der Waals surface area contributed by atoms with E-state index in [1.54, 1.807) is 20.8 Å². The standard InChI is InChI=1S/C15H27NO6.ClH/c1-4-20-13(17)7-10-16(11-8-14(18)21-5-2)12-9-15(19)22-6-3;/h4-12H2,1-3H3;1H. The van der Waals surface area contributed by atoms with Crippen molar-refractivity contribution in [2.45, 2.75) is 40.0 Å². The van der Waals surface area contributed by atoms with Crippen LogP contribution < -0.4 is 0 Å². The lowest BCUT2D eigenvalue weighted by Crippen LogP contribution is -2.32. The Bertz CT molecular complexity index is 299. The Morgan fingerprint density at radius 1 is 0.652 bits per heavy atom. The number of halogens is 1. The minimum atomic E-state index is -0.292. The Morgan fingerprint density at radius 2 is 0.913 bits per heavy atom. The molecular formula is C15H28ClNO6. The van der Waals surface area contributed by atoms with Gasteiger partial charge in [-0.1, -0.05) is 0 Å². The average molecular weight is 354 g/mol. The minimum Gasteiger partial charge on any atom is -0.466 e. The number of rotatable bonds is 12. The third-order valence-electron chi connectivity index (χ3n) is 2.81. The molecule has 136 valence electrons. The molecule has 0 aliphatic heterocycles. The fraction of sp³-hybridized carbons (Fsp3) is 0.800. The molecule has 23 heavy (non-hydrogen) atoms. The summed E-state index contributed by atoms with van der Waals surface area (Å²) in [5.41, 5.74) is 0. The second kappa shape index (κ2) is 15.6. The van der Waals surface area contributed by atoms with Crippen molar-refractivity contribution in [2.24, 2.45) is 0 Å². The van der Waals surface area contributed by atoms with Gasteiger partial charge in [-0.05, 0) is 20.8 Å². The highest BCUT2D eigenvalue weighted by atomic mass is 35.5. The van der Waals surface area contributed by atoms with Crippen LogP contribution in [0, 0.1) is 0 Å². The van der Waals surface area contributed by atoms with E-state index in [0.717, 1.165) is 0 Å². The average Bonchev–Trinajstić information content (AvgIpc) is 2.47. The van der Waals surface area contributed by atoms with Gasteiger partial charge in [0.2, 0.25) is 0 Å². The molecule has 0 heterocycles.